The van der Waals surface area contributed by atoms with E-state index < -0.39 is 0 Å². The Bertz CT molecular complexity index is 1250. The summed E-state index contributed by atoms with van der Waals surface area (Å²) in [5, 5.41) is 7.55. The van der Waals surface area contributed by atoms with E-state index in [9.17, 15) is 9.59 Å². The van der Waals surface area contributed by atoms with Gasteiger partial charge in [0.2, 0.25) is 0 Å². The summed E-state index contributed by atoms with van der Waals surface area (Å²) in [7, 11) is 1.64. The van der Waals surface area contributed by atoms with E-state index in [-0.39, 0.29) is 18.1 Å². The van der Waals surface area contributed by atoms with Gasteiger partial charge in [-0.1, -0.05) is 6.07 Å². The molecule has 2 N–H and O–H groups in total. The van der Waals surface area contributed by atoms with E-state index in [2.05, 4.69) is 15.5 Å². The maximum atomic E-state index is 12.5. The zero-order chi connectivity index (χ0) is 23.5. The van der Waals surface area contributed by atoms with Gasteiger partial charge in [-0.2, -0.15) is 0 Å². The van der Waals surface area contributed by atoms with Crippen LogP contribution in [0.3, 0.4) is 0 Å². The fraction of sp³-hybridized carbons (Fsp3) is 0.385. The normalized spacial score (nSPS) is 16.7. The van der Waals surface area contributed by atoms with Gasteiger partial charge in [0.25, 0.3) is 11.5 Å². The predicted octanol–water partition coefficient (Wildman–Crippen LogP) is 2.60. The predicted molar refractivity (Wildman–Crippen MR) is 132 cm³/mol. The average Bonchev–Trinajstić information content (AvgIpc) is 2.87. The summed E-state index contributed by atoms with van der Waals surface area (Å²) in [6, 6.07) is 15.7. The second-order valence-electron chi connectivity index (χ2n) is 8.91. The van der Waals surface area contributed by atoms with Crippen molar-refractivity contribution in [3.8, 4) is 11.5 Å². The minimum Gasteiger partial charge on any atom is -0.497 e. The van der Waals surface area contributed by atoms with Crippen molar-refractivity contribution in [1.82, 2.24) is 14.8 Å². The number of anilines is 1. The number of fused-ring (bicyclic) bond motifs is 2. The maximum absolute atomic E-state index is 12.5. The van der Waals surface area contributed by atoms with Crippen LogP contribution >= 0.6 is 0 Å². The highest BCUT2D eigenvalue weighted by Crippen LogP contribution is 2.28. The number of hydrogen-bond donors (Lipinski definition) is 2. The summed E-state index contributed by atoms with van der Waals surface area (Å²) in [5.74, 6) is 1.36. The van der Waals surface area contributed by atoms with E-state index >= 15 is 0 Å². The largest absolute Gasteiger partial charge is 0.497 e. The first-order valence-corrected chi connectivity index (χ1v) is 11.8. The molecule has 1 fully saturated rings. The summed E-state index contributed by atoms with van der Waals surface area (Å²) >= 11 is 0. The van der Waals surface area contributed by atoms with Crippen molar-refractivity contribution < 1.29 is 14.3 Å². The van der Waals surface area contributed by atoms with Crippen molar-refractivity contribution in [2.24, 2.45) is 0 Å². The van der Waals surface area contributed by atoms with Crippen LogP contribution in [0.4, 0.5) is 5.69 Å². The topological polar surface area (TPSA) is 84.8 Å². The number of carbonyl (C=O) groups excluding carboxylic acids is 1. The van der Waals surface area contributed by atoms with Crippen LogP contribution in [0.1, 0.15) is 18.4 Å². The molecule has 3 heterocycles. The number of amides is 1. The van der Waals surface area contributed by atoms with Crippen molar-refractivity contribution in [2.45, 2.75) is 32.0 Å². The van der Waals surface area contributed by atoms with E-state index in [1.807, 2.05) is 47.0 Å². The number of likely N-dealkylation sites (tertiary alicyclic amines) is 1. The number of aromatic nitrogens is 1. The van der Waals surface area contributed by atoms with E-state index in [0.29, 0.717) is 12.6 Å². The van der Waals surface area contributed by atoms with Crippen LogP contribution in [0.15, 0.2) is 53.3 Å². The number of methoxy groups -OCH3 is 1. The molecule has 5 rings (SSSR count). The van der Waals surface area contributed by atoms with Crippen molar-refractivity contribution >= 4 is 22.5 Å². The fourth-order valence-corrected chi connectivity index (χ4v) is 4.73. The summed E-state index contributed by atoms with van der Waals surface area (Å²) in [5.41, 5.74) is 2.79. The number of nitrogens with one attached hydrogen (secondary N) is 2. The zero-order valence-electron chi connectivity index (χ0n) is 19.4. The molecule has 3 aromatic rings. The molecule has 8 heteroatoms. The Morgan fingerprint density at radius 1 is 1.06 bits per heavy atom. The lowest BCUT2D eigenvalue weighted by atomic mass is 10.0. The monoisotopic (exact) mass is 462 g/mol. The molecule has 2 aliphatic heterocycles. The molecule has 1 amide bonds. The number of benzene rings is 2. The van der Waals surface area contributed by atoms with Crippen LogP contribution in [-0.4, -0.2) is 54.8 Å². The van der Waals surface area contributed by atoms with Crippen molar-refractivity contribution in [3.05, 3.63) is 64.4 Å². The average molecular weight is 463 g/mol. The number of carbonyl (C=O) groups is 1. The van der Waals surface area contributed by atoms with Gasteiger partial charge >= 0.3 is 0 Å². The van der Waals surface area contributed by atoms with Crippen molar-refractivity contribution in [2.75, 3.05) is 38.7 Å². The summed E-state index contributed by atoms with van der Waals surface area (Å²) in [4.78, 5) is 26.5. The van der Waals surface area contributed by atoms with Crippen LogP contribution in [0.2, 0.25) is 0 Å². The molecule has 1 saturated heterocycles. The van der Waals surface area contributed by atoms with Crippen LogP contribution in [0, 0.1) is 0 Å². The van der Waals surface area contributed by atoms with Gasteiger partial charge < -0.3 is 29.6 Å². The van der Waals surface area contributed by atoms with Crippen LogP contribution in [0.5, 0.6) is 11.5 Å². The Hall–Kier alpha value is -3.36. The van der Waals surface area contributed by atoms with Crippen molar-refractivity contribution in [3.63, 3.8) is 0 Å². The zero-order valence-corrected chi connectivity index (χ0v) is 19.4. The summed E-state index contributed by atoms with van der Waals surface area (Å²) < 4.78 is 12.6. The molecule has 0 unspecified atom stereocenters. The molecule has 0 bridgehead atoms. The number of ether oxygens (including phenoxy) is 2. The third-order valence-corrected chi connectivity index (χ3v) is 6.70. The minimum atomic E-state index is -0.116. The van der Waals surface area contributed by atoms with Gasteiger partial charge in [-0.05, 0) is 67.2 Å². The Kier molecular flexibility index (Phi) is 6.51. The standard InChI is InChI=1S/C26H30N4O4/c1-33-21-5-3-19-4-7-26(32)30(23(19)15-21)13-12-29-10-8-20(9-11-29)27-16-18-2-6-24-22(14-18)28-25(31)17-34-24/h2-7,14-15,20,27H,8-13,16-17H2,1H3,(H,28,31). The van der Waals surface area contributed by atoms with Gasteiger partial charge in [0.1, 0.15) is 11.5 Å². The second-order valence-corrected chi connectivity index (χ2v) is 8.91. The minimum absolute atomic E-state index is 0.0175. The Balaban J connectivity index is 1.13. The van der Waals surface area contributed by atoms with E-state index in [1.165, 1.54) is 0 Å². The third kappa shape index (κ3) is 4.93. The molecule has 0 spiro atoms. The summed E-state index contributed by atoms with van der Waals surface area (Å²) in [6.45, 7) is 4.31. The van der Waals surface area contributed by atoms with E-state index in [1.54, 1.807) is 13.2 Å². The Labute approximate surface area is 198 Å². The molecule has 2 aliphatic rings. The molecular weight excluding hydrogens is 432 g/mol. The first kappa shape index (κ1) is 22.4. The Morgan fingerprint density at radius 3 is 2.71 bits per heavy atom. The van der Waals surface area contributed by atoms with Crippen molar-refractivity contribution in [1.29, 1.82) is 0 Å². The number of nitrogens with zero attached hydrogens (tertiary/aromatic N) is 2. The molecule has 0 aliphatic carbocycles. The number of piperidine rings is 1. The third-order valence-electron chi connectivity index (χ3n) is 6.70. The molecule has 178 valence electrons. The van der Waals surface area contributed by atoms with Gasteiger partial charge in [0.15, 0.2) is 6.61 Å². The maximum Gasteiger partial charge on any atom is 0.262 e. The van der Waals surface area contributed by atoms with Gasteiger partial charge in [-0.15, -0.1) is 0 Å². The highest BCUT2D eigenvalue weighted by Gasteiger charge is 2.20. The fourth-order valence-electron chi connectivity index (χ4n) is 4.73. The van der Waals surface area contributed by atoms with Crippen LogP contribution in [-0.2, 0) is 17.9 Å². The lowest BCUT2D eigenvalue weighted by molar-refractivity contribution is -0.118. The highest BCUT2D eigenvalue weighted by atomic mass is 16.5. The number of hydrogen-bond acceptors (Lipinski definition) is 6. The number of pyridine rings is 1. The number of rotatable bonds is 7. The molecule has 0 atom stereocenters. The van der Waals surface area contributed by atoms with Gasteiger partial charge in [0.05, 0.1) is 18.3 Å². The SMILES string of the molecule is COc1ccc2ccc(=O)n(CCN3CCC(NCc4ccc5c(c4)NC(=O)CO5)CC3)c2c1. The second kappa shape index (κ2) is 9.87. The van der Waals surface area contributed by atoms with Crippen LogP contribution < -0.4 is 25.7 Å². The molecule has 8 nitrogen and oxygen atoms in total. The molecule has 2 aromatic carbocycles. The molecular formula is C26H30N4O4. The Morgan fingerprint density at radius 2 is 1.88 bits per heavy atom. The van der Waals surface area contributed by atoms with Gasteiger partial charge in [-0.25, -0.2) is 0 Å². The molecule has 34 heavy (non-hydrogen) atoms. The molecule has 1 aromatic heterocycles. The lowest BCUT2D eigenvalue weighted by Gasteiger charge is -2.32. The van der Waals surface area contributed by atoms with Gasteiger partial charge in [0, 0.05) is 37.8 Å². The molecule has 0 radical (unpaired) electrons. The van der Waals surface area contributed by atoms with E-state index in [4.69, 9.17) is 9.47 Å². The van der Waals surface area contributed by atoms with Crippen LogP contribution in [0.25, 0.3) is 10.9 Å². The lowest BCUT2D eigenvalue weighted by Crippen LogP contribution is -2.43. The highest BCUT2D eigenvalue weighted by molar-refractivity contribution is 5.95. The first-order valence-electron chi connectivity index (χ1n) is 11.8. The quantitative estimate of drug-likeness (QED) is 0.562. The smallest absolute Gasteiger partial charge is 0.262 e. The summed E-state index contributed by atoms with van der Waals surface area (Å²) in [6.07, 6.45) is 2.12. The van der Waals surface area contributed by atoms with Gasteiger partial charge in [-0.3, -0.25) is 9.59 Å². The molecule has 0 saturated carbocycles. The van der Waals surface area contributed by atoms with E-state index in [0.717, 1.165) is 72.7 Å². The first-order chi connectivity index (χ1) is 16.6.